The van der Waals surface area contributed by atoms with Gasteiger partial charge in [-0.2, -0.15) is 0 Å². The van der Waals surface area contributed by atoms with Gasteiger partial charge in [0.05, 0.1) is 24.9 Å². The maximum absolute atomic E-state index is 6.08. The SMILES string of the molecule is CCNC(=NCc1ccccc1OC1CCC1)NCc1ccccn1.I. The summed E-state index contributed by atoms with van der Waals surface area (Å²) in [6.07, 6.45) is 5.76. The highest BCUT2D eigenvalue weighted by Gasteiger charge is 2.20. The van der Waals surface area contributed by atoms with E-state index in [1.54, 1.807) is 6.20 Å². The number of halogens is 1. The minimum atomic E-state index is 0. The number of nitrogens with zero attached hydrogens (tertiary/aromatic N) is 2. The van der Waals surface area contributed by atoms with Crippen molar-refractivity contribution in [3.8, 4) is 5.75 Å². The minimum Gasteiger partial charge on any atom is -0.490 e. The van der Waals surface area contributed by atoms with Gasteiger partial charge in [-0.3, -0.25) is 4.98 Å². The van der Waals surface area contributed by atoms with E-state index in [2.05, 4.69) is 28.6 Å². The van der Waals surface area contributed by atoms with Crippen LogP contribution < -0.4 is 15.4 Å². The molecule has 0 radical (unpaired) electrons. The van der Waals surface area contributed by atoms with Gasteiger partial charge < -0.3 is 15.4 Å². The Bertz CT molecular complexity index is 689. The summed E-state index contributed by atoms with van der Waals surface area (Å²) in [4.78, 5) is 9.02. The summed E-state index contributed by atoms with van der Waals surface area (Å²) >= 11 is 0. The van der Waals surface area contributed by atoms with Crippen molar-refractivity contribution in [3.63, 3.8) is 0 Å². The Kier molecular flexibility index (Phi) is 8.67. The van der Waals surface area contributed by atoms with E-state index in [1.165, 1.54) is 6.42 Å². The second-order valence-corrected chi connectivity index (χ2v) is 6.15. The Labute approximate surface area is 172 Å². The predicted molar refractivity (Wildman–Crippen MR) is 116 cm³/mol. The van der Waals surface area contributed by atoms with E-state index in [1.807, 2.05) is 36.4 Å². The number of para-hydroxylation sites is 1. The molecule has 0 saturated heterocycles. The van der Waals surface area contributed by atoms with Crippen LogP contribution in [0.2, 0.25) is 0 Å². The zero-order valence-electron chi connectivity index (χ0n) is 15.1. The Morgan fingerprint density at radius 2 is 1.96 bits per heavy atom. The summed E-state index contributed by atoms with van der Waals surface area (Å²) in [5.41, 5.74) is 2.10. The molecule has 5 nitrogen and oxygen atoms in total. The van der Waals surface area contributed by atoms with Crippen LogP contribution in [0.5, 0.6) is 5.75 Å². The number of rotatable bonds is 7. The number of hydrogen-bond acceptors (Lipinski definition) is 3. The highest BCUT2D eigenvalue weighted by molar-refractivity contribution is 14.0. The normalized spacial score (nSPS) is 14.1. The fourth-order valence-corrected chi connectivity index (χ4v) is 2.60. The molecule has 26 heavy (non-hydrogen) atoms. The quantitative estimate of drug-likeness (QED) is 0.370. The first kappa shape index (κ1) is 20.5. The molecule has 6 heteroatoms. The third-order valence-corrected chi connectivity index (χ3v) is 4.23. The number of hydrogen-bond donors (Lipinski definition) is 2. The number of aliphatic imine (C=N–C) groups is 1. The van der Waals surface area contributed by atoms with E-state index < -0.39 is 0 Å². The summed E-state index contributed by atoms with van der Waals surface area (Å²) in [5.74, 6) is 1.74. The summed E-state index contributed by atoms with van der Waals surface area (Å²) in [7, 11) is 0. The molecule has 0 spiro atoms. The van der Waals surface area contributed by atoms with Gasteiger partial charge in [-0.25, -0.2) is 4.99 Å². The number of guanidine groups is 1. The minimum absolute atomic E-state index is 0. The number of nitrogens with one attached hydrogen (secondary N) is 2. The molecule has 1 heterocycles. The van der Waals surface area contributed by atoms with Crippen LogP contribution >= 0.6 is 24.0 Å². The molecule has 1 aromatic carbocycles. The second-order valence-electron chi connectivity index (χ2n) is 6.15. The number of pyridine rings is 1. The first-order valence-corrected chi connectivity index (χ1v) is 9.02. The molecule has 2 aromatic rings. The Morgan fingerprint density at radius 1 is 1.15 bits per heavy atom. The smallest absolute Gasteiger partial charge is 0.191 e. The number of ether oxygens (including phenoxy) is 1. The molecule has 0 atom stereocenters. The average molecular weight is 466 g/mol. The summed E-state index contributed by atoms with van der Waals surface area (Å²) < 4.78 is 6.08. The molecule has 2 N–H and O–H groups in total. The van der Waals surface area contributed by atoms with Crippen molar-refractivity contribution in [2.75, 3.05) is 6.54 Å². The van der Waals surface area contributed by atoms with Gasteiger partial charge in [-0.1, -0.05) is 24.3 Å². The van der Waals surface area contributed by atoms with Crippen LogP contribution in [0, 0.1) is 0 Å². The van der Waals surface area contributed by atoms with Gasteiger partial charge in [0.2, 0.25) is 0 Å². The fourth-order valence-electron chi connectivity index (χ4n) is 2.60. The molecule has 1 aliphatic rings. The molecule has 1 aliphatic carbocycles. The zero-order chi connectivity index (χ0) is 17.3. The van der Waals surface area contributed by atoms with Crippen molar-refractivity contribution in [2.45, 2.75) is 45.4 Å². The van der Waals surface area contributed by atoms with Crippen LogP contribution in [0.25, 0.3) is 0 Å². The monoisotopic (exact) mass is 466 g/mol. The lowest BCUT2D eigenvalue weighted by atomic mass is 9.96. The maximum Gasteiger partial charge on any atom is 0.191 e. The van der Waals surface area contributed by atoms with Crippen molar-refractivity contribution in [1.82, 2.24) is 15.6 Å². The highest BCUT2D eigenvalue weighted by atomic mass is 127. The molecular formula is C20H27IN4O. The van der Waals surface area contributed by atoms with Crippen molar-refractivity contribution < 1.29 is 4.74 Å². The Balaban J connectivity index is 0.00000243. The lowest BCUT2D eigenvalue weighted by Gasteiger charge is -2.27. The van der Waals surface area contributed by atoms with Crippen LogP contribution in [0.1, 0.15) is 37.4 Å². The van der Waals surface area contributed by atoms with Crippen LogP contribution in [0.15, 0.2) is 53.7 Å². The predicted octanol–water partition coefficient (Wildman–Crippen LogP) is 3.89. The van der Waals surface area contributed by atoms with Gasteiger partial charge in [0, 0.05) is 18.3 Å². The largest absolute Gasteiger partial charge is 0.490 e. The highest BCUT2D eigenvalue weighted by Crippen LogP contribution is 2.27. The Morgan fingerprint density at radius 3 is 2.65 bits per heavy atom. The topological polar surface area (TPSA) is 58.5 Å². The molecule has 1 saturated carbocycles. The van der Waals surface area contributed by atoms with Gasteiger partial charge in [0.25, 0.3) is 0 Å². The third kappa shape index (κ3) is 6.16. The zero-order valence-corrected chi connectivity index (χ0v) is 17.5. The van der Waals surface area contributed by atoms with Crippen LogP contribution in [0.3, 0.4) is 0 Å². The second kappa shape index (κ2) is 11.0. The average Bonchev–Trinajstić information content (AvgIpc) is 2.62. The Hall–Kier alpha value is -1.83. The van der Waals surface area contributed by atoms with E-state index in [-0.39, 0.29) is 24.0 Å². The molecule has 140 valence electrons. The van der Waals surface area contributed by atoms with E-state index in [9.17, 15) is 0 Å². The number of benzene rings is 1. The summed E-state index contributed by atoms with van der Waals surface area (Å²) in [5, 5.41) is 6.60. The van der Waals surface area contributed by atoms with Crippen LogP contribution in [-0.4, -0.2) is 23.6 Å². The molecule has 1 aromatic heterocycles. The van der Waals surface area contributed by atoms with E-state index in [4.69, 9.17) is 9.73 Å². The van der Waals surface area contributed by atoms with Crippen molar-refractivity contribution in [1.29, 1.82) is 0 Å². The molecule has 1 fully saturated rings. The van der Waals surface area contributed by atoms with Crippen LogP contribution in [0.4, 0.5) is 0 Å². The van der Waals surface area contributed by atoms with Gasteiger partial charge in [0.15, 0.2) is 5.96 Å². The van der Waals surface area contributed by atoms with Crippen molar-refractivity contribution in [2.24, 2.45) is 4.99 Å². The molecule has 0 amide bonds. The third-order valence-electron chi connectivity index (χ3n) is 4.23. The van der Waals surface area contributed by atoms with Gasteiger partial charge in [-0.05, 0) is 44.4 Å². The van der Waals surface area contributed by atoms with E-state index >= 15 is 0 Å². The van der Waals surface area contributed by atoms with Gasteiger partial charge in [-0.15, -0.1) is 24.0 Å². The molecule has 3 rings (SSSR count). The summed E-state index contributed by atoms with van der Waals surface area (Å²) in [6.45, 7) is 4.10. The van der Waals surface area contributed by atoms with Crippen LogP contribution in [-0.2, 0) is 13.1 Å². The van der Waals surface area contributed by atoms with E-state index in [0.717, 1.165) is 42.4 Å². The first-order chi connectivity index (χ1) is 12.3. The number of aromatic nitrogens is 1. The maximum atomic E-state index is 6.08. The van der Waals surface area contributed by atoms with Gasteiger partial charge in [0.1, 0.15) is 5.75 Å². The first-order valence-electron chi connectivity index (χ1n) is 9.02. The van der Waals surface area contributed by atoms with E-state index in [0.29, 0.717) is 19.2 Å². The lowest BCUT2D eigenvalue weighted by molar-refractivity contribution is 0.119. The summed E-state index contributed by atoms with van der Waals surface area (Å²) in [6, 6.07) is 14.1. The lowest BCUT2D eigenvalue weighted by Crippen LogP contribution is -2.37. The molecular weight excluding hydrogens is 439 g/mol. The molecule has 0 unspecified atom stereocenters. The van der Waals surface area contributed by atoms with Crippen molar-refractivity contribution >= 4 is 29.9 Å². The standard InChI is InChI=1S/C20H26N4O.HI/c1-2-21-20(24-15-17-9-5-6-13-22-17)23-14-16-8-3-4-12-19(16)25-18-10-7-11-18;/h3-6,8-9,12-13,18H,2,7,10-11,14-15H2,1H3,(H2,21,23,24);1H. The fraction of sp³-hybridized carbons (Fsp3) is 0.400. The van der Waals surface area contributed by atoms with Crippen molar-refractivity contribution in [3.05, 3.63) is 59.9 Å². The molecule has 0 aliphatic heterocycles. The van der Waals surface area contributed by atoms with Gasteiger partial charge >= 0.3 is 0 Å². The molecule has 0 bridgehead atoms.